The second-order valence-corrected chi connectivity index (χ2v) is 10.4. The maximum absolute atomic E-state index is 13.6. The molecule has 0 unspecified atom stereocenters. The number of amides is 1. The van der Waals surface area contributed by atoms with Crippen LogP contribution in [0.15, 0.2) is 34.6 Å². The molecule has 5 rings (SSSR count). The summed E-state index contributed by atoms with van der Waals surface area (Å²) in [6.45, 7) is 2.72. The standard InChI is InChI=1S/C22H18F3N5OS3/c23-22(24,25)18-10-16(30-6-1-4-26-5-7-30)19-15(27-18)3-2-14(28-19)12-8-13(33-11-12)9-17-20(31)29-21(32)34-17/h2-3,8-11,26H,1,4-7H2,(H,29,31,32). The van der Waals surface area contributed by atoms with Gasteiger partial charge >= 0.3 is 6.18 Å². The first-order chi connectivity index (χ1) is 16.3. The fourth-order valence-corrected chi connectivity index (χ4v) is 5.78. The quantitative estimate of drug-likeness (QED) is 0.384. The lowest BCUT2D eigenvalue weighted by Gasteiger charge is -2.24. The summed E-state index contributed by atoms with van der Waals surface area (Å²) >= 11 is 7.68. The number of thiocarbonyl (C=S) groups is 1. The number of hydrogen-bond donors (Lipinski definition) is 2. The van der Waals surface area contributed by atoms with E-state index in [9.17, 15) is 18.0 Å². The number of halogens is 3. The molecular weight excluding hydrogens is 503 g/mol. The Labute approximate surface area is 206 Å². The number of anilines is 1. The SMILES string of the molecule is O=C1NC(=S)SC1=Cc1cc(-c2ccc3nc(C(F)(F)F)cc(N4CCCNCC4)c3n2)cs1. The molecule has 34 heavy (non-hydrogen) atoms. The summed E-state index contributed by atoms with van der Waals surface area (Å²) in [7, 11) is 0. The summed E-state index contributed by atoms with van der Waals surface area (Å²) in [4.78, 5) is 23.8. The van der Waals surface area contributed by atoms with Crippen molar-refractivity contribution in [3.05, 3.63) is 45.1 Å². The van der Waals surface area contributed by atoms with Crippen molar-refractivity contribution in [2.45, 2.75) is 12.6 Å². The van der Waals surface area contributed by atoms with Crippen LogP contribution in [0.2, 0.25) is 0 Å². The highest BCUT2D eigenvalue weighted by Gasteiger charge is 2.34. The monoisotopic (exact) mass is 521 g/mol. The number of alkyl halides is 3. The van der Waals surface area contributed by atoms with E-state index in [0.29, 0.717) is 45.8 Å². The van der Waals surface area contributed by atoms with Crippen molar-refractivity contribution in [3.8, 4) is 11.3 Å². The average molecular weight is 522 g/mol. The van der Waals surface area contributed by atoms with Gasteiger partial charge in [-0.25, -0.2) is 9.97 Å². The predicted octanol–water partition coefficient (Wildman–Crippen LogP) is 4.67. The minimum atomic E-state index is -4.55. The van der Waals surface area contributed by atoms with Crippen molar-refractivity contribution >= 4 is 68.3 Å². The number of thiophene rings is 1. The molecule has 3 aromatic heterocycles. The minimum Gasteiger partial charge on any atom is -0.368 e. The van der Waals surface area contributed by atoms with Gasteiger partial charge in [0.05, 0.1) is 21.8 Å². The molecule has 0 atom stereocenters. The number of aromatic nitrogens is 2. The Morgan fingerprint density at radius 2 is 2.00 bits per heavy atom. The van der Waals surface area contributed by atoms with Crippen LogP contribution in [0.4, 0.5) is 18.9 Å². The first kappa shape index (κ1) is 23.2. The van der Waals surface area contributed by atoms with Gasteiger partial charge in [0.1, 0.15) is 15.5 Å². The van der Waals surface area contributed by atoms with Crippen LogP contribution in [0.5, 0.6) is 0 Å². The summed E-state index contributed by atoms with van der Waals surface area (Å²) in [5.74, 6) is -0.225. The second kappa shape index (κ2) is 9.25. The smallest absolute Gasteiger partial charge is 0.368 e. The zero-order chi connectivity index (χ0) is 23.9. The molecule has 5 heterocycles. The van der Waals surface area contributed by atoms with Gasteiger partial charge in [-0.1, -0.05) is 24.0 Å². The summed E-state index contributed by atoms with van der Waals surface area (Å²) < 4.78 is 41.1. The normalized spacial score (nSPS) is 18.6. The van der Waals surface area contributed by atoms with Crippen LogP contribution < -0.4 is 15.5 Å². The Morgan fingerprint density at radius 3 is 2.76 bits per heavy atom. The highest BCUT2D eigenvalue weighted by atomic mass is 32.2. The number of thioether (sulfide) groups is 1. The highest BCUT2D eigenvalue weighted by molar-refractivity contribution is 8.26. The number of rotatable bonds is 3. The molecule has 176 valence electrons. The van der Waals surface area contributed by atoms with E-state index in [1.54, 1.807) is 18.2 Å². The van der Waals surface area contributed by atoms with Crippen LogP contribution in [0.3, 0.4) is 0 Å². The lowest BCUT2D eigenvalue weighted by Crippen LogP contribution is -2.28. The number of nitrogens with zero attached hydrogens (tertiary/aromatic N) is 3. The lowest BCUT2D eigenvalue weighted by atomic mass is 10.1. The van der Waals surface area contributed by atoms with Crippen LogP contribution in [-0.2, 0) is 11.0 Å². The van der Waals surface area contributed by atoms with Crippen molar-refractivity contribution in [2.75, 3.05) is 31.1 Å². The number of nitrogens with one attached hydrogen (secondary N) is 2. The van der Waals surface area contributed by atoms with Gasteiger partial charge in [0.15, 0.2) is 0 Å². The third-order valence-corrected chi connectivity index (χ3v) is 7.48. The maximum Gasteiger partial charge on any atom is 0.433 e. The fourth-order valence-electron chi connectivity index (χ4n) is 3.84. The van der Waals surface area contributed by atoms with Gasteiger partial charge in [-0.3, -0.25) is 4.79 Å². The number of fused-ring (bicyclic) bond motifs is 1. The largest absolute Gasteiger partial charge is 0.433 e. The molecule has 2 N–H and O–H groups in total. The molecule has 6 nitrogen and oxygen atoms in total. The van der Waals surface area contributed by atoms with E-state index in [1.165, 1.54) is 23.1 Å². The fraction of sp³-hybridized carbons (Fsp3) is 0.273. The molecule has 0 radical (unpaired) electrons. The van der Waals surface area contributed by atoms with Crippen molar-refractivity contribution in [2.24, 2.45) is 0 Å². The minimum absolute atomic E-state index is 0.205. The number of pyridine rings is 2. The van der Waals surface area contributed by atoms with E-state index in [2.05, 4.69) is 15.6 Å². The predicted molar refractivity (Wildman–Crippen MR) is 134 cm³/mol. The van der Waals surface area contributed by atoms with E-state index in [1.807, 2.05) is 16.3 Å². The van der Waals surface area contributed by atoms with Crippen LogP contribution in [0.1, 0.15) is 17.0 Å². The first-order valence-corrected chi connectivity index (χ1v) is 12.6. The van der Waals surface area contributed by atoms with Crippen LogP contribution in [-0.4, -0.2) is 46.4 Å². The van der Waals surface area contributed by atoms with Crippen molar-refractivity contribution in [3.63, 3.8) is 0 Å². The summed E-state index contributed by atoms with van der Waals surface area (Å²) in [5, 5.41) is 7.77. The third kappa shape index (κ3) is 4.81. The maximum atomic E-state index is 13.6. The van der Waals surface area contributed by atoms with Crippen molar-refractivity contribution in [1.82, 2.24) is 20.6 Å². The van der Waals surface area contributed by atoms with Crippen molar-refractivity contribution < 1.29 is 18.0 Å². The lowest BCUT2D eigenvalue weighted by molar-refractivity contribution is -0.140. The van der Waals surface area contributed by atoms with Gasteiger partial charge in [0, 0.05) is 35.5 Å². The zero-order valence-corrected chi connectivity index (χ0v) is 20.1. The Bertz CT molecular complexity index is 1310. The summed E-state index contributed by atoms with van der Waals surface area (Å²) in [6, 6.07) is 6.26. The molecule has 2 aliphatic rings. The summed E-state index contributed by atoms with van der Waals surface area (Å²) in [6.07, 6.45) is -1.96. The molecule has 0 saturated carbocycles. The molecule has 2 saturated heterocycles. The molecule has 2 fully saturated rings. The first-order valence-electron chi connectivity index (χ1n) is 10.5. The third-order valence-electron chi connectivity index (χ3n) is 5.43. The summed E-state index contributed by atoms with van der Waals surface area (Å²) in [5.41, 5.74) is 1.60. The van der Waals surface area contributed by atoms with Crippen molar-refractivity contribution in [1.29, 1.82) is 0 Å². The van der Waals surface area contributed by atoms with Crippen LogP contribution >= 0.6 is 35.3 Å². The Hall–Kier alpha value is -2.54. The van der Waals surface area contributed by atoms with E-state index < -0.39 is 11.9 Å². The van der Waals surface area contributed by atoms with Gasteiger partial charge in [-0.05, 0) is 43.3 Å². The molecule has 3 aromatic rings. The molecule has 0 bridgehead atoms. The molecule has 1 amide bonds. The molecular formula is C22H18F3N5OS3. The second-order valence-electron chi connectivity index (χ2n) is 7.77. The average Bonchev–Trinajstić information content (AvgIpc) is 3.27. The van der Waals surface area contributed by atoms with E-state index in [4.69, 9.17) is 17.2 Å². The Balaban J connectivity index is 1.56. The molecule has 0 aliphatic carbocycles. The Kier molecular flexibility index (Phi) is 6.32. The number of hydrogen-bond acceptors (Lipinski definition) is 8. The molecule has 0 spiro atoms. The molecule has 12 heteroatoms. The van der Waals surface area contributed by atoms with Crippen LogP contribution in [0.25, 0.3) is 28.4 Å². The van der Waals surface area contributed by atoms with Gasteiger partial charge in [0.25, 0.3) is 5.91 Å². The van der Waals surface area contributed by atoms with E-state index >= 15 is 0 Å². The highest BCUT2D eigenvalue weighted by Crippen LogP contribution is 2.36. The molecule has 0 aromatic carbocycles. The number of carbonyl (C=O) groups is 1. The van der Waals surface area contributed by atoms with Gasteiger partial charge in [0.2, 0.25) is 0 Å². The Morgan fingerprint density at radius 1 is 1.15 bits per heavy atom. The number of carbonyl (C=O) groups excluding carboxylic acids is 1. The topological polar surface area (TPSA) is 70.2 Å². The van der Waals surface area contributed by atoms with Crippen LogP contribution in [0, 0.1) is 0 Å². The van der Waals surface area contributed by atoms with Gasteiger partial charge in [-0.15, -0.1) is 11.3 Å². The van der Waals surface area contributed by atoms with E-state index in [-0.39, 0.29) is 11.4 Å². The van der Waals surface area contributed by atoms with E-state index in [0.717, 1.165) is 29.5 Å². The van der Waals surface area contributed by atoms with Gasteiger partial charge in [-0.2, -0.15) is 13.2 Å². The van der Waals surface area contributed by atoms with Gasteiger partial charge < -0.3 is 15.5 Å². The molecule has 2 aliphatic heterocycles. The zero-order valence-electron chi connectivity index (χ0n) is 17.6.